The van der Waals surface area contributed by atoms with Gasteiger partial charge < -0.3 is 11.1 Å². The first-order valence-electron chi connectivity index (χ1n) is 5.43. The quantitative estimate of drug-likeness (QED) is 0.810. The Balaban J connectivity index is 2.08. The van der Waals surface area contributed by atoms with Crippen molar-refractivity contribution in [3.05, 3.63) is 52.2 Å². The van der Waals surface area contributed by atoms with Gasteiger partial charge in [-0.2, -0.15) is 0 Å². The Kier molecular flexibility index (Phi) is 4.13. The first-order chi connectivity index (χ1) is 8.79. The van der Waals surface area contributed by atoms with E-state index in [9.17, 15) is 4.79 Å². The SMILES string of the molecule is NCC#Cc1cc(C(=O)Nc2ccccc2)cs1. The first kappa shape index (κ1) is 12.4. The standard InChI is InChI=1S/C14H12N2OS/c15-8-4-7-13-9-11(10-18-13)14(17)16-12-5-2-1-3-6-12/h1-3,5-6,9-10H,8,15H2,(H,16,17). The summed E-state index contributed by atoms with van der Waals surface area (Å²) in [6.07, 6.45) is 0. The molecule has 0 atom stereocenters. The smallest absolute Gasteiger partial charge is 0.256 e. The van der Waals surface area contributed by atoms with Gasteiger partial charge in [0.1, 0.15) is 0 Å². The van der Waals surface area contributed by atoms with E-state index in [0.717, 1.165) is 10.6 Å². The number of nitrogens with two attached hydrogens (primary N) is 1. The van der Waals surface area contributed by atoms with Crippen molar-refractivity contribution in [3.8, 4) is 11.8 Å². The molecule has 0 aliphatic rings. The molecule has 4 heteroatoms. The van der Waals surface area contributed by atoms with Crippen molar-refractivity contribution >= 4 is 22.9 Å². The molecule has 0 spiro atoms. The zero-order valence-electron chi connectivity index (χ0n) is 9.64. The van der Waals surface area contributed by atoms with Crippen molar-refractivity contribution < 1.29 is 4.79 Å². The van der Waals surface area contributed by atoms with Crippen LogP contribution in [0.1, 0.15) is 15.2 Å². The van der Waals surface area contributed by atoms with Crippen LogP contribution in [-0.2, 0) is 0 Å². The molecule has 3 N–H and O–H groups in total. The van der Waals surface area contributed by atoms with E-state index in [1.165, 1.54) is 11.3 Å². The predicted molar refractivity (Wildman–Crippen MR) is 74.6 cm³/mol. The maximum Gasteiger partial charge on any atom is 0.256 e. The lowest BCUT2D eigenvalue weighted by molar-refractivity contribution is 0.102. The van der Waals surface area contributed by atoms with Crippen LogP contribution in [0.4, 0.5) is 5.69 Å². The fourth-order valence-corrected chi connectivity index (χ4v) is 2.14. The normalized spacial score (nSPS) is 9.39. The van der Waals surface area contributed by atoms with E-state index in [2.05, 4.69) is 17.2 Å². The fourth-order valence-electron chi connectivity index (χ4n) is 1.38. The molecule has 0 saturated carbocycles. The summed E-state index contributed by atoms with van der Waals surface area (Å²) in [5.74, 6) is 5.54. The highest BCUT2D eigenvalue weighted by Crippen LogP contribution is 2.15. The van der Waals surface area contributed by atoms with Gasteiger partial charge in [0.2, 0.25) is 0 Å². The zero-order valence-corrected chi connectivity index (χ0v) is 10.5. The van der Waals surface area contributed by atoms with Crippen molar-refractivity contribution in [2.24, 2.45) is 5.73 Å². The Morgan fingerprint density at radius 3 is 2.83 bits per heavy atom. The number of benzene rings is 1. The number of carbonyl (C=O) groups excluding carboxylic acids is 1. The van der Waals surface area contributed by atoms with Crippen LogP contribution in [0.2, 0.25) is 0 Å². The number of anilines is 1. The first-order valence-corrected chi connectivity index (χ1v) is 6.31. The Morgan fingerprint density at radius 2 is 2.11 bits per heavy atom. The van der Waals surface area contributed by atoms with Crippen LogP contribution in [0.5, 0.6) is 0 Å². The molecule has 0 unspecified atom stereocenters. The number of hydrogen-bond acceptors (Lipinski definition) is 3. The molecular formula is C14H12N2OS. The molecule has 90 valence electrons. The van der Waals surface area contributed by atoms with E-state index in [1.54, 1.807) is 11.4 Å². The average Bonchev–Trinajstić information content (AvgIpc) is 2.86. The molecule has 1 heterocycles. The van der Waals surface area contributed by atoms with Crippen molar-refractivity contribution in [1.29, 1.82) is 0 Å². The maximum absolute atomic E-state index is 11.9. The molecule has 1 aromatic carbocycles. The lowest BCUT2D eigenvalue weighted by Crippen LogP contribution is -2.10. The van der Waals surface area contributed by atoms with E-state index in [1.807, 2.05) is 30.3 Å². The lowest BCUT2D eigenvalue weighted by Gasteiger charge is -2.02. The second-order valence-electron chi connectivity index (χ2n) is 3.53. The summed E-state index contributed by atoms with van der Waals surface area (Å²) in [5.41, 5.74) is 6.69. The molecule has 0 fully saturated rings. The zero-order chi connectivity index (χ0) is 12.8. The maximum atomic E-state index is 11.9. The molecule has 1 amide bonds. The average molecular weight is 256 g/mol. The third kappa shape index (κ3) is 3.20. The second kappa shape index (κ2) is 6.01. The van der Waals surface area contributed by atoms with Crippen molar-refractivity contribution in [1.82, 2.24) is 0 Å². The van der Waals surface area contributed by atoms with E-state index in [-0.39, 0.29) is 5.91 Å². The number of thiophene rings is 1. The van der Waals surface area contributed by atoms with E-state index < -0.39 is 0 Å². The van der Waals surface area contributed by atoms with Crippen LogP contribution < -0.4 is 11.1 Å². The molecule has 0 aliphatic heterocycles. The highest BCUT2D eigenvalue weighted by Gasteiger charge is 2.07. The number of carbonyl (C=O) groups is 1. The van der Waals surface area contributed by atoms with Gasteiger partial charge in [0.15, 0.2) is 0 Å². The summed E-state index contributed by atoms with van der Waals surface area (Å²) < 4.78 is 0. The Hall–Kier alpha value is -2.09. The van der Waals surface area contributed by atoms with Gasteiger partial charge in [-0.15, -0.1) is 11.3 Å². The number of amides is 1. The summed E-state index contributed by atoms with van der Waals surface area (Å²) in [7, 11) is 0. The van der Waals surface area contributed by atoms with Gasteiger partial charge >= 0.3 is 0 Å². The minimum Gasteiger partial charge on any atom is -0.322 e. The predicted octanol–water partition coefficient (Wildman–Crippen LogP) is 2.31. The number of nitrogens with one attached hydrogen (secondary N) is 1. The van der Waals surface area contributed by atoms with E-state index in [0.29, 0.717) is 12.1 Å². The van der Waals surface area contributed by atoms with Crippen molar-refractivity contribution in [2.45, 2.75) is 0 Å². The summed E-state index contributed by atoms with van der Waals surface area (Å²) in [6, 6.07) is 11.1. The van der Waals surface area contributed by atoms with E-state index in [4.69, 9.17) is 5.73 Å². The minimum absolute atomic E-state index is 0.127. The monoisotopic (exact) mass is 256 g/mol. The van der Waals surface area contributed by atoms with Gasteiger partial charge in [-0.25, -0.2) is 0 Å². The highest BCUT2D eigenvalue weighted by molar-refractivity contribution is 7.10. The number of para-hydroxylation sites is 1. The number of hydrogen-bond donors (Lipinski definition) is 2. The molecule has 1 aromatic heterocycles. The Bertz CT molecular complexity index is 593. The lowest BCUT2D eigenvalue weighted by atomic mass is 10.2. The molecule has 0 saturated heterocycles. The molecule has 18 heavy (non-hydrogen) atoms. The van der Waals surface area contributed by atoms with Crippen molar-refractivity contribution in [2.75, 3.05) is 11.9 Å². The molecule has 0 aliphatic carbocycles. The van der Waals surface area contributed by atoms with E-state index >= 15 is 0 Å². The summed E-state index contributed by atoms with van der Waals surface area (Å²) in [5, 5.41) is 4.61. The Labute approximate surface area is 110 Å². The molecule has 2 rings (SSSR count). The minimum atomic E-state index is -0.127. The fraction of sp³-hybridized carbons (Fsp3) is 0.0714. The summed E-state index contributed by atoms with van der Waals surface area (Å²) in [4.78, 5) is 12.8. The molecular weight excluding hydrogens is 244 g/mol. The van der Waals surface area contributed by atoms with Gasteiger partial charge in [-0.05, 0) is 18.2 Å². The Morgan fingerprint density at radius 1 is 1.33 bits per heavy atom. The van der Waals surface area contributed by atoms with Crippen LogP contribution in [0.3, 0.4) is 0 Å². The van der Waals surface area contributed by atoms with Crippen LogP contribution in [0, 0.1) is 11.8 Å². The summed E-state index contributed by atoms with van der Waals surface area (Å²) in [6.45, 7) is 0.323. The number of rotatable bonds is 2. The largest absolute Gasteiger partial charge is 0.322 e. The summed E-state index contributed by atoms with van der Waals surface area (Å²) >= 11 is 1.44. The van der Waals surface area contributed by atoms with Gasteiger partial charge in [0.25, 0.3) is 5.91 Å². The highest BCUT2D eigenvalue weighted by atomic mass is 32.1. The second-order valence-corrected chi connectivity index (χ2v) is 4.44. The van der Waals surface area contributed by atoms with Crippen LogP contribution in [0.15, 0.2) is 41.8 Å². The van der Waals surface area contributed by atoms with Gasteiger partial charge in [-0.3, -0.25) is 4.79 Å². The van der Waals surface area contributed by atoms with Crippen molar-refractivity contribution in [3.63, 3.8) is 0 Å². The van der Waals surface area contributed by atoms with Gasteiger partial charge in [0.05, 0.1) is 17.0 Å². The van der Waals surface area contributed by atoms with Crippen LogP contribution in [-0.4, -0.2) is 12.5 Å². The topological polar surface area (TPSA) is 55.1 Å². The third-order valence-corrected chi connectivity index (χ3v) is 3.05. The molecule has 0 radical (unpaired) electrons. The molecule has 0 bridgehead atoms. The molecule has 3 nitrogen and oxygen atoms in total. The molecule has 2 aromatic rings. The van der Waals surface area contributed by atoms with Gasteiger partial charge in [0, 0.05) is 11.1 Å². The van der Waals surface area contributed by atoms with Crippen LogP contribution in [0.25, 0.3) is 0 Å². The van der Waals surface area contributed by atoms with Crippen LogP contribution >= 0.6 is 11.3 Å². The van der Waals surface area contributed by atoms with Gasteiger partial charge in [-0.1, -0.05) is 30.0 Å². The third-order valence-electron chi connectivity index (χ3n) is 2.21.